The van der Waals surface area contributed by atoms with Crippen molar-refractivity contribution in [3.05, 3.63) is 0 Å². The van der Waals surface area contributed by atoms with E-state index < -0.39 is 15.7 Å². The molecule has 3 nitrogen and oxygen atoms in total. The third-order valence-electron chi connectivity index (χ3n) is 0.841. The van der Waals surface area contributed by atoms with Crippen molar-refractivity contribution < 1.29 is 14.3 Å². The van der Waals surface area contributed by atoms with Gasteiger partial charge in [-0.15, -0.1) is 0 Å². The number of hydrogen-bond donors (Lipinski definition) is 0. The van der Waals surface area contributed by atoms with E-state index in [1.54, 1.807) is 0 Å². The van der Waals surface area contributed by atoms with Crippen LogP contribution in [0.5, 0.6) is 0 Å². The van der Waals surface area contributed by atoms with E-state index in [1.807, 2.05) is 13.8 Å². The zero-order valence-corrected chi connectivity index (χ0v) is 7.34. The molecular weight excluding hydrogens is 136 g/mol. The maximum absolute atomic E-state index is 10.3. The van der Waals surface area contributed by atoms with Crippen LogP contribution in [0.3, 0.4) is 0 Å². The first kappa shape index (κ1) is 9.10. The van der Waals surface area contributed by atoms with E-state index in [2.05, 4.69) is 0 Å². The van der Waals surface area contributed by atoms with E-state index in [0.29, 0.717) is 13.2 Å². The highest BCUT2D eigenvalue weighted by atomic mass is 28.2. The molecule has 0 atom stereocenters. The van der Waals surface area contributed by atoms with Gasteiger partial charge in [0.2, 0.25) is 0 Å². The molecule has 0 saturated carbocycles. The smallest absolute Gasteiger partial charge is 0.268 e. The van der Waals surface area contributed by atoms with Crippen LogP contribution in [0.4, 0.5) is 0 Å². The molecule has 0 aromatic rings. The first-order valence-corrected chi connectivity index (χ1v) is 4.55. The van der Waals surface area contributed by atoms with E-state index in [-0.39, 0.29) is 0 Å². The monoisotopic (exact) mass is 149 g/mol. The third-order valence-corrected chi connectivity index (χ3v) is 1.58. The molecule has 0 amide bonds. The van der Waals surface area contributed by atoms with Crippen molar-refractivity contribution in [1.82, 2.24) is 0 Å². The summed E-state index contributed by atoms with van der Waals surface area (Å²) in [6, 6.07) is 0. The Hall–Kier alpha value is 0.0969. The highest BCUT2D eigenvalue weighted by Crippen LogP contribution is 1.90. The average molecular weight is 149 g/mol. The second-order valence-corrected chi connectivity index (χ2v) is 2.51. The molecule has 0 rings (SSSR count). The molecule has 1 radical (unpaired) electrons. The van der Waals surface area contributed by atoms with Crippen LogP contribution in [0.2, 0.25) is 0 Å². The van der Waals surface area contributed by atoms with Crippen molar-refractivity contribution in [3.63, 3.8) is 0 Å². The fourth-order valence-corrected chi connectivity index (χ4v) is 1.18. The number of ether oxygens (including phenoxy) is 2. The van der Waals surface area contributed by atoms with E-state index in [1.165, 1.54) is 0 Å². The zero-order chi connectivity index (χ0) is 7.11. The summed E-state index contributed by atoms with van der Waals surface area (Å²) < 4.78 is 9.92. The van der Waals surface area contributed by atoms with Crippen molar-refractivity contribution in [1.29, 1.82) is 0 Å². The summed E-state index contributed by atoms with van der Waals surface area (Å²) >= 11 is 0. The quantitative estimate of drug-likeness (QED) is 0.403. The lowest BCUT2D eigenvalue weighted by Gasteiger charge is -2.11. The molecule has 0 spiro atoms. The Morgan fingerprint density at radius 2 is 1.78 bits per heavy atom. The second-order valence-electron chi connectivity index (χ2n) is 1.51. The minimum absolute atomic E-state index is 0.403. The van der Waals surface area contributed by atoms with Crippen LogP contribution in [0, 0.1) is 0 Å². The summed E-state index contributed by atoms with van der Waals surface area (Å²) in [7, 11) is -1.39. The van der Waals surface area contributed by atoms with Crippen molar-refractivity contribution in [3.8, 4) is 0 Å². The Bertz CT molecular complexity index is 54.2. The molecule has 0 aliphatic rings. The molecule has 0 heterocycles. The van der Waals surface area contributed by atoms with Crippen LogP contribution in [0.25, 0.3) is 0 Å². The minimum atomic E-state index is -1.39. The Morgan fingerprint density at radius 3 is 2.00 bits per heavy atom. The molecule has 0 N–H and O–H groups in total. The first-order valence-electron chi connectivity index (χ1n) is 3.16. The fraction of sp³-hybridized carbons (Fsp3) is 1.00. The van der Waals surface area contributed by atoms with Crippen molar-refractivity contribution in [2.75, 3.05) is 13.2 Å². The summed E-state index contributed by atoms with van der Waals surface area (Å²) in [4.78, 5) is 10.3. The van der Waals surface area contributed by atoms with Gasteiger partial charge in [0.05, 0.1) is 0 Å². The Kier molecular flexibility index (Phi) is 6.29. The predicted molar refractivity (Wildman–Crippen MR) is 36.3 cm³/mol. The largest absolute Gasteiger partial charge is 0.354 e. The molecule has 0 aliphatic heterocycles. The molecule has 0 aromatic carbocycles. The Labute approximate surface area is 57.9 Å². The molecule has 0 bridgehead atoms. The second kappa shape index (κ2) is 6.22. The van der Waals surface area contributed by atoms with Crippen LogP contribution in [-0.2, 0) is 14.3 Å². The van der Waals surface area contributed by atoms with Gasteiger partial charge in [0.25, 0.3) is 9.76 Å². The third kappa shape index (κ3) is 4.59. The molecule has 0 saturated heterocycles. The van der Waals surface area contributed by atoms with Gasteiger partial charge in [0.15, 0.2) is 5.91 Å². The van der Waals surface area contributed by atoms with E-state index >= 15 is 0 Å². The van der Waals surface area contributed by atoms with Crippen LogP contribution in [0.1, 0.15) is 13.8 Å². The van der Waals surface area contributed by atoms with Crippen molar-refractivity contribution in [2.24, 2.45) is 0 Å². The molecule has 0 fully saturated rings. The Balaban J connectivity index is 3.18. The fourth-order valence-electron chi connectivity index (χ4n) is 0.516. The summed E-state index contributed by atoms with van der Waals surface area (Å²) in [6.07, 6.45) is 0. The van der Waals surface area contributed by atoms with Gasteiger partial charge in [-0.1, -0.05) is 0 Å². The van der Waals surface area contributed by atoms with Crippen molar-refractivity contribution in [2.45, 2.75) is 19.8 Å². The van der Waals surface area contributed by atoms with Gasteiger partial charge < -0.3 is 14.3 Å². The predicted octanol–water partition coefficient (Wildman–Crippen LogP) is -0.143. The van der Waals surface area contributed by atoms with Gasteiger partial charge >= 0.3 is 0 Å². The number of hydrogen-bond acceptors (Lipinski definition) is 2. The molecule has 9 heavy (non-hydrogen) atoms. The average Bonchev–Trinajstić information content (AvgIpc) is 1.88. The Morgan fingerprint density at radius 1 is 1.33 bits per heavy atom. The molecule has 55 valence electrons. The lowest BCUT2D eigenvalue weighted by molar-refractivity contribution is -0.0896. The maximum atomic E-state index is 10.3. The van der Waals surface area contributed by atoms with E-state index in [0.717, 1.165) is 0 Å². The van der Waals surface area contributed by atoms with E-state index in [4.69, 9.17) is 9.47 Å². The summed E-state index contributed by atoms with van der Waals surface area (Å²) in [5, 5.41) is 0. The van der Waals surface area contributed by atoms with Crippen LogP contribution < -0.4 is 0 Å². The van der Waals surface area contributed by atoms with Gasteiger partial charge in [0, 0.05) is 13.2 Å². The molecule has 0 aliphatic carbocycles. The summed E-state index contributed by atoms with van der Waals surface area (Å²) in [5.41, 5.74) is 0. The molecule has 4 heteroatoms. The van der Waals surface area contributed by atoms with Crippen molar-refractivity contribution >= 4 is 9.76 Å². The SMILES string of the molecule is CCOC(OCC)[SiH2][O]. The lowest BCUT2D eigenvalue weighted by Crippen LogP contribution is -2.23. The normalized spacial score (nSPS) is 12.0. The standard InChI is InChI=1S/C5H13O3Si/c1-3-7-5(9-6)8-4-2/h5H,3-4,9H2,1-2H3. The maximum Gasteiger partial charge on any atom is 0.268 e. The molecular formula is C5H13O3Si. The van der Waals surface area contributed by atoms with Gasteiger partial charge in [-0.25, -0.2) is 0 Å². The minimum Gasteiger partial charge on any atom is -0.354 e. The van der Waals surface area contributed by atoms with Gasteiger partial charge in [-0.3, -0.25) is 0 Å². The zero-order valence-electron chi connectivity index (χ0n) is 5.92. The van der Waals surface area contributed by atoms with E-state index in [9.17, 15) is 4.80 Å². The van der Waals surface area contributed by atoms with Gasteiger partial charge in [-0.05, 0) is 13.8 Å². The lowest BCUT2D eigenvalue weighted by atomic mass is 10.9. The topological polar surface area (TPSA) is 38.4 Å². The highest BCUT2D eigenvalue weighted by molar-refractivity contribution is 6.26. The van der Waals surface area contributed by atoms with Crippen LogP contribution in [0.15, 0.2) is 0 Å². The van der Waals surface area contributed by atoms with Crippen LogP contribution >= 0.6 is 0 Å². The highest BCUT2D eigenvalue weighted by Gasteiger charge is 2.05. The summed E-state index contributed by atoms with van der Waals surface area (Å²) in [6.45, 7) is 4.85. The summed E-state index contributed by atoms with van der Waals surface area (Å²) in [5.74, 6) is -0.403. The number of rotatable bonds is 5. The first-order chi connectivity index (χ1) is 4.35. The van der Waals surface area contributed by atoms with Gasteiger partial charge in [-0.2, -0.15) is 0 Å². The molecule has 0 aromatic heterocycles. The molecule has 0 unspecified atom stereocenters. The van der Waals surface area contributed by atoms with Crippen LogP contribution in [-0.4, -0.2) is 28.9 Å². The van der Waals surface area contributed by atoms with Gasteiger partial charge in [0.1, 0.15) is 0 Å².